The molecule has 0 unspecified atom stereocenters. The Morgan fingerprint density at radius 2 is 2.10 bits per heavy atom. The van der Waals surface area contributed by atoms with Crippen molar-refractivity contribution in [3.05, 3.63) is 52.0 Å². The molecule has 2 N–H and O–H groups in total. The van der Waals surface area contributed by atoms with Gasteiger partial charge in [-0.2, -0.15) is 0 Å². The van der Waals surface area contributed by atoms with Gasteiger partial charge in [-0.05, 0) is 5.56 Å². The lowest BCUT2D eigenvalue weighted by Crippen LogP contribution is -2.27. The number of hydrogen-bond acceptors (Lipinski definition) is 5. The van der Waals surface area contributed by atoms with Gasteiger partial charge in [0.15, 0.2) is 0 Å². The van der Waals surface area contributed by atoms with Crippen LogP contribution in [-0.4, -0.2) is 42.4 Å². The molecule has 0 spiro atoms. The Hall–Kier alpha value is -1.76. The van der Waals surface area contributed by atoms with Gasteiger partial charge >= 0.3 is 0 Å². The molecule has 0 aliphatic rings. The summed E-state index contributed by atoms with van der Waals surface area (Å²) in [6.45, 7) is 1.06. The van der Waals surface area contributed by atoms with Crippen molar-refractivity contribution in [3.8, 4) is 0 Å². The van der Waals surface area contributed by atoms with Crippen molar-refractivity contribution in [3.63, 3.8) is 0 Å². The minimum absolute atomic E-state index is 0.0110. The number of amides is 1. The van der Waals surface area contributed by atoms with Crippen molar-refractivity contribution in [1.82, 2.24) is 10.3 Å². The van der Waals surface area contributed by atoms with Gasteiger partial charge in [-0.3, -0.25) is 4.79 Å². The Kier molecular flexibility index (Phi) is 6.33. The third kappa shape index (κ3) is 5.26. The third-order valence-corrected chi connectivity index (χ3v) is 3.60. The Labute approximate surface area is 127 Å². The zero-order valence-corrected chi connectivity index (χ0v) is 12.4. The molecule has 0 atom stereocenters. The van der Waals surface area contributed by atoms with E-state index in [0.717, 1.165) is 11.4 Å². The van der Waals surface area contributed by atoms with Crippen LogP contribution in [0.25, 0.3) is 0 Å². The predicted molar refractivity (Wildman–Crippen MR) is 81.6 cm³/mol. The van der Waals surface area contributed by atoms with Crippen LogP contribution < -0.4 is 5.32 Å². The Bertz CT molecular complexity index is 557. The molecule has 6 heteroatoms. The standard InChI is InChI=1S/C15H18N2O3S/c18-7-9-20-8-6-16-15(19)13-11-21-14(17-13)10-12-4-2-1-3-5-12/h1-5,11,18H,6-10H2,(H,16,19). The quantitative estimate of drug-likeness (QED) is 0.725. The number of nitrogens with one attached hydrogen (secondary N) is 1. The molecule has 0 saturated heterocycles. The van der Waals surface area contributed by atoms with Gasteiger partial charge in [0.05, 0.1) is 24.8 Å². The molecule has 1 heterocycles. The minimum atomic E-state index is -0.196. The molecule has 2 rings (SSSR count). The van der Waals surface area contributed by atoms with Crippen molar-refractivity contribution in [1.29, 1.82) is 0 Å². The number of aliphatic hydroxyl groups excluding tert-OH is 1. The van der Waals surface area contributed by atoms with Crippen LogP contribution in [0.5, 0.6) is 0 Å². The van der Waals surface area contributed by atoms with Crippen LogP contribution in [0.15, 0.2) is 35.7 Å². The molecule has 0 fully saturated rings. The summed E-state index contributed by atoms with van der Waals surface area (Å²) in [6, 6.07) is 10.0. The summed E-state index contributed by atoms with van der Waals surface area (Å²) in [7, 11) is 0. The summed E-state index contributed by atoms with van der Waals surface area (Å²) in [5, 5.41) is 14.0. The smallest absolute Gasteiger partial charge is 0.270 e. The first-order valence-electron chi connectivity index (χ1n) is 6.74. The molecule has 2 aromatic rings. The van der Waals surface area contributed by atoms with Gasteiger partial charge < -0.3 is 15.2 Å². The highest BCUT2D eigenvalue weighted by Crippen LogP contribution is 2.14. The highest BCUT2D eigenvalue weighted by atomic mass is 32.1. The van der Waals surface area contributed by atoms with E-state index in [1.54, 1.807) is 5.38 Å². The van der Waals surface area contributed by atoms with Crippen LogP contribution in [-0.2, 0) is 11.2 Å². The first-order chi connectivity index (χ1) is 10.3. The molecule has 0 saturated carbocycles. The molecule has 0 aliphatic carbocycles. The van der Waals surface area contributed by atoms with Crippen molar-refractivity contribution in [2.75, 3.05) is 26.4 Å². The summed E-state index contributed by atoms with van der Waals surface area (Å²) in [6.07, 6.45) is 0.735. The molecular formula is C15H18N2O3S. The number of rotatable bonds is 8. The lowest BCUT2D eigenvalue weighted by molar-refractivity contribution is 0.0835. The number of carbonyl (C=O) groups is 1. The molecule has 0 aliphatic heterocycles. The highest BCUT2D eigenvalue weighted by molar-refractivity contribution is 7.09. The first-order valence-corrected chi connectivity index (χ1v) is 7.62. The van der Waals surface area contributed by atoms with E-state index in [0.29, 0.717) is 18.8 Å². The normalized spacial score (nSPS) is 10.5. The van der Waals surface area contributed by atoms with E-state index in [2.05, 4.69) is 10.3 Å². The van der Waals surface area contributed by atoms with Gasteiger partial charge in [-0.1, -0.05) is 30.3 Å². The maximum Gasteiger partial charge on any atom is 0.270 e. The molecule has 0 radical (unpaired) electrons. The average molecular weight is 306 g/mol. The van der Waals surface area contributed by atoms with Crippen LogP contribution in [0.4, 0.5) is 0 Å². The Balaban J connectivity index is 1.80. The SMILES string of the molecule is O=C(NCCOCCO)c1csc(Cc2ccccc2)n1. The second-order valence-electron chi connectivity index (χ2n) is 4.38. The van der Waals surface area contributed by atoms with Crippen LogP contribution >= 0.6 is 11.3 Å². The Morgan fingerprint density at radius 3 is 2.86 bits per heavy atom. The van der Waals surface area contributed by atoms with Gasteiger partial charge in [-0.25, -0.2) is 4.98 Å². The van der Waals surface area contributed by atoms with Crippen molar-refractivity contribution in [2.45, 2.75) is 6.42 Å². The fourth-order valence-electron chi connectivity index (χ4n) is 1.76. The zero-order valence-electron chi connectivity index (χ0n) is 11.6. The van der Waals surface area contributed by atoms with E-state index < -0.39 is 0 Å². The summed E-state index contributed by atoms with van der Waals surface area (Å²) < 4.78 is 5.07. The maximum absolute atomic E-state index is 11.9. The van der Waals surface area contributed by atoms with E-state index >= 15 is 0 Å². The van der Waals surface area contributed by atoms with E-state index in [4.69, 9.17) is 9.84 Å². The van der Waals surface area contributed by atoms with Gasteiger partial charge in [0.25, 0.3) is 5.91 Å². The van der Waals surface area contributed by atoms with Crippen molar-refractivity contribution >= 4 is 17.2 Å². The number of ether oxygens (including phenoxy) is 1. The third-order valence-electron chi connectivity index (χ3n) is 2.75. The van der Waals surface area contributed by atoms with E-state index in [1.165, 1.54) is 16.9 Å². The number of nitrogens with zero attached hydrogens (tertiary/aromatic N) is 1. The maximum atomic E-state index is 11.9. The zero-order chi connectivity index (χ0) is 14.9. The number of aromatic nitrogens is 1. The molecule has 1 amide bonds. The summed E-state index contributed by atoms with van der Waals surface area (Å²) in [5.41, 5.74) is 1.62. The number of aliphatic hydroxyl groups is 1. The molecule has 112 valence electrons. The fourth-order valence-corrected chi connectivity index (χ4v) is 2.57. The van der Waals surface area contributed by atoms with Crippen LogP contribution in [0.1, 0.15) is 21.1 Å². The minimum Gasteiger partial charge on any atom is -0.394 e. The average Bonchev–Trinajstić information content (AvgIpc) is 2.96. The monoisotopic (exact) mass is 306 g/mol. The topological polar surface area (TPSA) is 71.5 Å². The first kappa shape index (κ1) is 15.6. The van der Waals surface area contributed by atoms with Crippen LogP contribution in [0.3, 0.4) is 0 Å². The molecular weight excluding hydrogens is 288 g/mol. The van der Waals surface area contributed by atoms with E-state index in [1.807, 2.05) is 30.3 Å². The van der Waals surface area contributed by atoms with Crippen molar-refractivity contribution in [2.24, 2.45) is 0 Å². The lowest BCUT2D eigenvalue weighted by Gasteiger charge is -2.03. The van der Waals surface area contributed by atoms with Gasteiger partial charge in [0.2, 0.25) is 0 Å². The second-order valence-corrected chi connectivity index (χ2v) is 5.32. The fraction of sp³-hybridized carbons (Fsp3) is 0.333. The van der Waals surface area contributed by atoms with Crippen LogP contribution in [0.2, 0.25) is 0 Å². The largest absolute Gasteiger partial charge is 0.394 e. The molecule has 0 bridgehead atoms. The summed E-state index contributed by atoms with van der Waals surface area (Å²) in [5.74, 6) is -0.196. The van der Waals surface area contributed by atoms with Gasteiger partial charge in [0, 0.05) is 18.3 Å². The second kappa shape index (κ2) is 8.51. The Morgan fingerprint density at radius 1 is 1.29 bits per heavy atom. The van der Waals surface area contributed by atoms with Crippen molar-refractivity contribution < 1.29 is 14.6 Å². The van der Waals surface area contributed by atoms with Gasteiger partial charge in [-0.15, -0.1) is 11.3 Å². The molecule has 21 heavy (non-hydrogen) atoms. The predicted octanol–water partition coefficient (Wildman–Crippen LogP) is 1.47. The van der Waals surface area contributed by atoms with Crippen LogP contribution in [0, 0.1) is 0 Å². The number of carbonyl (C=O) groups excluding carboxylic acids is 1. The number of thiazole rings is 1. The lowest BCUT2D eigenvalue weighted by atomic mass is 10.2. The number of benzene rings is 1. The molecule has 5 nitrogen and oxygen atoms in total. The number of hydrogen-bond donors (Lipinski definition) is 2. The van der Waals surface area contributed by atoms with E-state index in [-0.39, 0.29) is 19.1 Å². The summed E-state index contributed by atoms with van der Waals surface area (Å²) >= 11 is 1.48. The molecule has 1 aromatic carbocycles. The molecule has 1 aromatic heterocycles. The summed E-state index contributed by atoms with van der Waals surface area (Å²) in [4.78, 5) is 16.2. The van der Waals surface area contributed by atoms with Gasteiger partial charge in [0.1, 0.15) is 5.69 Å². The highest BCUT2D eigenvalue weighted by Gasteiger charge is 2.10. The van der Waals surface area contributed by atoms with E-state index in [9.17, 15) is 4.79 Å².